The van der Waals surface area contributed by atoms with Crippen molar-refractivity contribution in [2.45, 2.75) is 37.2 Å². The van der Waals surface area contributed by atoms with Gasteiger partial charge in [0.1, 0.15) is 11.6 Å². The third-order valence-electron chi connectivity index (χ3n) is 7.40. The van der Waals surface area contributed by atoms with Crippen LogP contribution in [0.15, 0.2) is 94.4 Å². The number of halogens is 7. The Labute approximate surface area is 286 Å². The Balaban J connectivity index is 1.58. The van der Waals surface area contributed by atoms with E-state index in [4.69, 9.17) is 42.8 Å². The highest BCUT2D eigenvalue weighted by molar-refractivity contribution is 9.10. The molecule has 0 aromatic heterocycles. The molecule has 1 heterocycles. The number of alkyl halides is 3. The van der Waals surface area contributed by atoms with Crippen LogP contribution in [-0.2, 0) is 28.7 Å². The maximum atomic E-state index is 14.4. The Kier molecular flexibility index (Phi) is 10.8. The van der Waals surface area contributed by atoms with Gasteiger partial charge in [0.05, 0.1) is 12.2 Å². The van der Waals surface area contributed by atoms with Crippen LogP contribution in [0.4, 0.5) is 17.6 Å². The van der Waals surface area contributed by atoms with Crippen molar-refractivity contribution in [3.8, 4) is 5.75 Å². The lowest BCUT2D eigenvalue weighted by atomic mass is 9.82. The van der Waals surface area contributed by atoms with Crippen LogP contribution < -0.4 is 10.1 Å². The van der Waals surface area contributed by atoms with Crippen molar-refractivity contribution in [2.75, 3.05) is 13.2 Å². The maximum Gasteiger partial charge on any atom is 0.416 e. The molecule has 0 aliphatic carbocycles. The second kappa shape index (κ2) is 14.6. The molecule has 0 bridgehead atoms. The van der Waals surface area contributed by atoms with Gasteiger partial charge in [0.15, 0.2) is 11.6 Å². The maximum absolute atomic E-state index is 14.4. The summed E-state index contributed by atoms with van der Waals surface area (Å²) in [7, 11) is 0. The molecule has 0 fully saturated rings. The molecule has 13 heteroatoms. The topological polar surface area (TPSA) is 80.2 Å². The van der Waals surface area contributed by atoms with Crippen LogP contribution in [0.5, 0.6) is 5.75 Å². The normalized spacial score (nSPS) is 17.6. The summed E-state index contributed by atoms with van der Waals surface area (Å²) in [5.41, 5.74) is -1.38. The fraction of sp³-hybridized carbons (Fsp3) is 0.235. The molecule has 6 nitrogen and oxygen atoms in total. The van der Waals surface area contributed by atoms with E-state index in [0.29, 0.717) is 46.6 Å². The molecule has 2 atom stereocenters. The van der Waals surface area contributed by atoms with Gasteiger partial charge in [-0.1, -0.05) is 57.3 Å². The number of benzene rings is 4. The van der Waals surface area contributed by atoms with Gasteiger partial charge >= 0.3 is 6.18 Å². The van der Waals surface area contributed by atoms with E-state index in [0.717, 1.165) is 16.6 Å². The molecule has 1 aliphatic heterocycles. The van der Waals surface area contributed by atoms with E-state index >= 15 is 0 Å². The third kappa shape index (κ3) is 8.27. The van der Waals surface area contributed by atoms with Gasteiger partial charge in [-0.25, -0.2) is 9.38 Å². The molecule has 246 valence electrons. The highest BCUT2D eigenvalue weighted by Crippen LogP contribution is 2.45. The van der Waals surface area contributed by atoms with Gasteiger partial charge in [0.25, 0.3) is 5.91 Å². The van der Waals surface area contributed by atoms with Crippen LogP contribution in [0.1, 0.15) is 40.3 Å². The summed E-state index contributed by atoms with van der Waals surface area (Å²) >= 11 is 16.3. The molecule has 4 aromatic rings. The molecule has 5 rings (SSSR count). The van der Waals surface area contributed by atoms with Crippen molar-refractivity contribution in [1.82, 2.24) is 5.32 Å². The average molecular weight is 754 g/mol. The zero-order valence-corrected chi connectivity index (χ0v) is 27.6. The van der Waals surface area contributed by atoms with Crippen molar-refractivity contribution < 1.29 is 36.9 Å². The number of carbonyl (C=O) groups excluding carboxylic acids is 1. The first kappa shape index (κ1) is 34.7. The molecule has 47 heavy (non-hydrogen) atoms. The summed E-state index contributed by atoms with van der Waals surface area (Å²) in [5.74, 6) is -1.12. The molecule has 1 amide bonds. The van der Waals surface area contributed by atoms with Crippen LogP contribution in [0.3, 0.4) is 0 Å². The van der Waals surface area contributed by atoms with Gasteiger partial charge in [0.2, 0.25) is 5.90 Å². The van der Waals surface area contributed by atoms with Gasteiger partial charge in [-0.15, -0.1) is 0 Å². The molecule has 0 radical (unpaired) electrons. The highest BCUT2D eigenvalue weighted by Gasteiger charge is 2.54. The first-order valence-corrected chi connectivity index (χ1v) is 15.9. The Morgan fingerprint density at radius 2 is 1.72 bits per heavy atom. The summed E-state index contributed by atoms with van der Waals surface area (Å²) in [6, 6.07) is 20.8. The number of nitrogens with zero attached hydrogens (tertiary/aromatic N) is 1. The predicted octanol–water partition coefficient (Wildman–Crippen LogP) is 8.49. The minimum atomic E-state index is -4.78. The number of rotatable bonds is 11. The minimum Gasteiger partial charge on any atom is -0.494 e. The molecule has 0 spiro atoms. The van der Waals surface area contributed by atoms with E-state index in [1.54, 1.807) is 60.7 Å². The molecule has 0 saturated heterocycles. The monoisotopic (exact) mass is 752 g/mol. The number of aliphatic hydroxyl groups is 1. The van der Waals surface area contributed by atoms with Crippen LogP contribution in [0.2, 0.25) is 10.0 Å². The molecule has 0 saturated carbocycles. The standard InChI is InChI=1S/C34H27BrCl2F4N2O4/c35-24-6-2-20(3-7-24)18-33(32(45)42-19-21-14-23(34(39,40)41)16-26(38)15-21)30(28-11-8-25(36)17-29(28)37)47-31(43-33)22-4-9-27(10-5-22)46-13-1-12-44/h2-11,14-17,30,44H,1,12-13,18-19H2,(H,42,45)/t30-,33-/m1/s1. The molecule has 2 N–H and O–H groups in total. The Hall–Kier alpha value is -3.64. The molecule has 0 unspecified atom stereocenters. The van der Waals surface area contributed by atoms with Gasteiger partial charge in [0, 0.05) is 51.6 Å². The summed E-state index contributed by atoms with van der Waals surface area (Å²) in [5, 5.41) is 12.3. The van der Waals surface area contributed by atoms with E-state index < -0.39 is 41.7 Å². The lowest BCUT2D eigenvalue weighted by Gasteiger charge is -2.31. The molecule has 1 aliphatic rings. The summed E-state index contributed by atoms with van der Waals surface area (Å²) in [6.45, 7) is -0.118. The zero-order chi connectivity index (χ0) is 33.8. The first-order chi connectivity index (χ1) is 22.4. The number of carbonyl (C=O) groups is 1. The van der Waals surface area contributed by atoms with Crippen molar-refractivity contribution >= 4 is 50.9 Å². The third-order valence-corrected chi connectivity index (χ3v) is 8.49. The van der Waals surface area contributed by atoms with E-state index in [1.807, 2.05) is 0 Å². The molecular weight excluding hydrogens is 727 g/mol. The van der Waals surface area contributed by atoms with Crippen LogP contribution in [0, 0.1) is 5.82 Å². The lowest BCUT2D eigenvalue weighted by molar-refractivity contribution is -0.137. The average Bonchev–Trinajstić information content (AvgIpc) is 3.40. The van der Waals surface area contributed by atoms with Crippen molar-refractivity contribution in [2.24, 2.45) is 4.99 Å². The van der Waals surface area contributed by atoms with Crippen LogP contribution >= 0.6 is 39.1 Å². The highest BCUT2D eigenvalue weighted by atomic mass is 79.9. The number of aliphatic hydroxyl groups excluding tert-OH is 1. The Morgan fingerprint density at radius 3 is 2.38 bits per heavy atom. The van der Waals surface area contributed by atoms with E-state index in [-0.39, 0.29) is 29.5 Å². The van der Waals surface area contributed by atoms with Gasteiger partial charge in [-0.05, 0) is 77.9 Å². The predicted molar refractivity (Wildman–Crippen MR) is 174 cm³/mol. The summed E-state index contributed by atoms with van der Waals surface area (Å²) in [4.78, 5) is 19.3. The fourth-order valence-electron chi connectivity index (χ4n) is 5.14. The lowest BCUT2D eigenvalue weighted by Crippen LogP contribution is -2.49. The second-order valence-electron chi connectivity index (χ2n) is 10.8. The van der Waals surface area contributed by atoms with Gasteiger partial charge in [-0.2, -0.15) is 13.2 Å². The number of ether oxygens (including phenoxy) is 2. The van der Waals surface area contributed by atoms with Gasteiger partial charge < -0.3 is 19.9 Å². The Bertz CT molecular complexity index is 1770. The second-order valence-corrected chi connectivity index (χ2v) is 12.5. The summed E-state index contributed by atoms with van der Waals surface area (Å²) < 4.78 is 67.3. The SMILES string of the molecule is O=C(NCc1cc(F)cc(C(F)(F)F)c1)[C@]1(Cc2ccc(Br)cc2)N=C(c2ccc(OCCCO)cc2)O[C@@H]1c1ccc(Cl)cc1Cl. The zero-order valence-electron chi connectivity index (χ0n) is 24.5. The number of amides is 1. The minimum absolute atomic E-state index is 0.00145. The van der Waals surface area contributed by atoms with Crippen molar-refractivity contribution in [3.05, 3.63) is 133 Å². The molecular formula is C34H27BrCl2F4N2O4. The number of hydrogen-bond acceptors (Lipinski definition) is 5. The van der Waals surface area contributed by atoms with Crippen LogP contribution in [0.25, 0.3) is 0 Å². The van der Waals surface area contributed by atoms with Crippen LogP contribution in [-0.4, -0.2) is 35.7 Å². The first-order valence-electron chi connectivity index (χ1n) is 14.3. The van der Waals surface area contributed by atoms with E-state index in [1.165, 1.54) is 6.07 Å². The van der Waals surface area contributed by atoms with Crippen molar-refractivity contribution in [1.29, 1.82) is 0 Å². The summed E-state index contributed by atoms with van der Waals surface area (Å²) in [6.07, 6.45) is -5.43. The Morgan fingerprint density at radius 1 is 1.00 bits per heavy atom. The van der Waals surface area contributed by atoms with Gasteiger partial charge in [-0.3, -0.25) is 4.79 Å². The fourth-order valence-corrected chi connectivity index (χ4v) is 5.91. The molecule has 4 aromatic carbocycles. The largest absolute Gasteiger partial charge is 0.494 e. The smallest absolute Gasteiger partial charge is 0.416 e. The van der Waals surface area contributed by atoms with E-state index in [2.05, 4.69) is 21.2 Å². The number of aliphatic imine (C=N–C) groups is 1. The van der Waals surface area contributed by atoms with E-state index in [9.17, 15) is 22.4 Å². The number of hydrogen-bond donors (Lipinski definition) is 2. The quantitative estimate of drug-likeness (QED) is 0.119. The van der Waals surface area contributed by atoms with Crippen molar-refractivity contribution in [3.63, 3.8) is 0 Å². The number of nitrogens with one attached hydrogen (secondary N) is 1.